The summed E-state index contributed by atoms with van der Waals surface area (Å²) in [6, 6.07) is 16.5. The lowest BCUT2D eigenvalue weighted by atomic mass is 10.0. The highest BCUT2D eigenvalue weighted by Gasteiger charge is 2.12. The van der Waals surface area contributed by atoms with Crippen molar-refractivity contribution in [1.29, 1.82) is 0 Å². The van der Waals surface area contributed by atoms with Crippen LogP contribution in [0.4, 0.5) is 0 Å². The van der Waals surface area contributed by atoms with Gasteiger partial charge in [0.15, 0.2) is 12.1 Å². The van der Waals surface area contributed by atoms with E-state index in [2.05, 4.69) is 11.7 Å². The van der Waals surface area contributed by atoms with Gasteiger partial charge in [0, 0.05) is 17.3 Å². The van der Waals surface area contributed by atoms with E-state index in [4.69, 9.17) is 0 Å². The number of allylic oxidation sites excluding steroid dienone is 1. The Morgan fingerprint density at radius 1 is 1.04 bits per heavy atom. The second-order valence-electron chi connectivity index (χ2n) is 4.98. The molecule has 0 saturated heterocycles. The highest BCUT2D eigenvalue weighted by Crippen LogP contribution is 2.23. The number of rotatable bonds is 5. The number of carbonyl (C=O) groups is 2. The summed E-state index contributed by atoms with van der Waals surface area (Å²) in [6.07, 6.45) is 3.75. The van der Waals surface area contributed by atoms with E-state index < -0.39 is 0 Å². The van der Waals surface area contributed by atoms with Crippen LogP contribution in [0.2, 0.25) is 0 Å². The molecule has 3 rings (SSSR count). The molecular formula is C19H14N2O2. The van der Waals surface area contributed by atoms with E-state index in [-0.39, 0.29) is 5.78 Å². The zero-order valence-electron chi connectivity index (χ0n) is 12.3. The molecular weight excluding hydrogens is 288 g/mol. The van der Waals surface area contributed by atoms with E-state index in [1.165, 1.54) is 6.08 Å². The van der Waals surface area contributed by atoms with Crippen molar-refractivity contribution < 1.29 is 9.59 Å². The summed E-state index contributed by atoms with van der Waals surface area (Å²) in [7, 11) is 0. The lowest BCUT2D eigenvalue weighted by molar-refractivity contribution is 0.104. The SMILES string of the molecule is C=CC(=O)c1ccc(-c2nn(-c3ccccc3)cc2C=O)cc1. The summed E-state index contributed by atoms with van der Waals surface area (Å²) >= 11 is 0. The number of hydrogen-bond acceptors (Lipinski definition) is 3. The molecule has 112 valence electrons. The van der Waals surface area contributed by atoms with E-state index in [0.29, 0.717) is 16.8 Å². The van der Waals surface area contributed by atoms with Crippen molar-refractivity contribution in [2.45, 2.75) is 0 Å². The van der Waals surface area contributed by atoms with Crippen LogP contribution in [0, 0.1) is 0 Å². The van der Waals surface area contributed by atoms with Gasteiger partial charge < -0.3 is 0 Å². The van der Waals surface area contributed by atoms with E-state index in [0.717, 1.165) is 17.5 Å². The molecule has 0 atom stereocenters. The molecule has 0 aliphatic carbocycles. The zero-order chi connectivity index (χ0) is 16.2. The van der Waals surface area contributed by atoms with Crippen LogP contribution < -0.4 is 0 Å². The van der Waals surface area contributed by atoms with Gasteiger partial charge in [-0.05, 0) is 18.2 Å². The molecule has 0 N–H and O–H groups in total. The largest absolute Gasteiger partial charge is 0.298 e. The maximum Gasteiger partial charge on any atom is 0.185 e. The van der Waals surface area contributed by atoms with Crippen molar-refractivity contribution in [2.75, 3.05) is 0 Å². The molecule has 3 aromatic rings. The van der Waals surface area contributed by atoms with Gasteiger partial charge in [-0.3, -0.25) is 9.59 Å². The van der Waals surface area contributed by atoms with Gasteiger partial charge in [-0.1, -0.05) is 49.0 Å². The number of nitrogens with zero attached hydrogens (tertiary/aromatic N) is 2. The van der Waals surface area contributed by atoms with Crippen LogP contribution in [-0.2, 0) is 0 Å². The van der Waals surface area contributed by atoms with Gasteiger partial charge in [0.2, 0.25) is 0 Å². The first-order chi connectivity index (χ1) is 11.2. The fourth-order valence-electron chi connectivity index (χ4n) is 2.32. The number of aldehydes is 1. The minimum absolute atomic E-state index is 0.137. The summed E-state index contributed by atoms with van der Waals surface area (Å²) in [5, 5.41) is 4.50. The highest BCUT2D eigenvalue weighted by molar-refractivity contribution is 6.04. The van der Waals surface area contributed by atoms with Gasteiger partial charge in [0.1, 0.15) is 5.69 Å². The molecule has 0 spiro atoms. The average molecular weight is 302 g/mol. The van der Waals surface area contributed by atoms with Gasteiger partial charge in [-0.15, -0.1) is 0 Å². The standard InChI is InChI=1S/C19H14N2O2/c1-2-18(23)14-8-10-15(11-9-14)19-16(13-22)12-21(20-19)17-6-4-3-5-7-17/h2-13H,1H2. The molecule has 2 aromatic carbocycles. The third-order valence-electron chi connectivity index (χ3n) is 3.52. The normalized spacial score (nSPS) is 10.3. The highest BCUT2D eigenvalue weighted by atomic mass is 16.1. The van der Waals surface area contributed by atoms with Crippen molar-refractivity contribution in [3.63, 3.8) is 0 Å². The Morgan fingerprint density at radius 2 is 1.74 bits per heavy atom. The van der Waals surface area contributed by atoms with Gasteiger partial charge in [0.05, 0.1) is 11.3 Å². The van der Waals surface area contributed by atoms with Gasteiger partial charge >= 0.3 is 0 Å². The topological polar surface area (TPSA) is 52.0 Å². The molecule has 0 fully saturated rings. The predicted molar refractivity (Wildman–Crippen MR) is 88.9 cm³/mol. The van der Waals surface area contributed by atoms with Crippen molar-refractivity contribution in [3.8, 4) is 16.9 Å². The molecule has 0 aliphatic rings. The third-order valence-corrected chi connectivity index (χ3v) is 3.52. The van der Waals surface area contributed by atoms with Crippen LogP contribution in [0.3, 0.4) is 0 Å². The van der Waals surface area contributed by atoms with Crippen molar-refractivity contribution in [2.24, 2.45) is 0 Å². The Hall–Kier alpha value is -3.27. The first-order valence-corrected chi connectivity index (χ1v) is 7.10. The minimum Gasteiger partial charge on any atom is -0.298 e. The molecule has 0 amide bonds. The first kappa shape index (κ1) is 14.7. The molecule has 4 nitrogen and oxygen atoms in total. The Bertz CT molecular complexity index is 862. The fourth-order valence-corrected chi connectivity index (χ4v) is 2.32. The Balaban J connectivity index is 2.02. The van der Waals surface area contributed by atoms with Crippen LogP contribution in [-0.4, -0.2) is 21.8 Å². The van der Waals surface area contributed by atoms with Crippen molar-refractivity contribution in [3.05, 3.63) is 84.6 Å². The van der Waals surface area contributed by atoms with Crippen LogP contribution in [0.15, 0.2) is 73.4 Å². The second-order valence-corrected chi connectivity index (χ2v) is 4.98. The van der Waals surface area contributed by atoms with Gasteiger partial charge in [-0.2, -0.15) is 5.10 Å². The molecule has 0 radical (unpaired) electrons. The van der Waals surface area contributed by atoms with Gasteiger partial charge in [0.25, 0.3) is 0 Å². The predicted octanol–water partition coefficient (Wildman–Crippen LogP) is 3.72. The molecule has 0 bridgehead atoms. The maximum atomic E-state index is 11.6. The minimum atomic E-state index is -0.137. The quantitative estimate of drug-likeness (QED) is 0.410. The molecule has 4 heteroatoms. The molecule has 0 aliphatic heterocycles. The average Bonchev–Trinajstić information content (AvgIpc) is 3.06. The van der Waals surface area contributed by atoms with E-state index >= 15 is 0 Å². The smallest absolute Gasteiger partial charge is 0.185 e. The summed E-state index contributed by atoms with van der Waals surface area (Å²) in [6.45, 7) is 3.47. The van der Waals surface area contributed by atoms with Crippen molar-refractivity contribution in [1.82, 2.24) is 9.78 Å². The number of aromatic nitrogens is 2. The van der Waals surface area contributed by atoms with E-state index in [1.807, 2.05) is 30.3 Å². The van der Waals surface area contributed by atoms with Gasteiger partial charge in [-0.25, -0.2) is 4.68 Å². The lowest BCUT2D eigenvalue weighted by Crippen LogP contribution is -1.95. The summed E-state index contributed by atoms with van der Waals surface area (Å²) in [5.41, 5.74) is 3.29. The monoisotopic (exact) mass is 302 g/mol. The number of benzene rings is 2. The molecule has 0 unspecified atom stereocenters. The van der Waals surface area contributed by atoms with Crippen LogP contribution >= 0.6 is 0 Å². The molecule has 23 heavy (non-hydrogen) atoms. The number of hydrogen-bond donors (Lipinski definition) is 0. The van der Waals surface area contributed by atoms with Crippen LogP contribution in [0.5, 0.6) is 0 Å². The second kappa shape index (κ2) is 6.23. The number of carbonyl (C=O) groups excluding carboxylic acids is 2. The molecule has 1 heterocycles. The Morgan fingerprint density at radius 3 is 2.35 bits per heavy atom. The fraction of sp³-hybridized carbons (Fsp3) is 0. The Kier molecular flexibility index (Phi) is 3.97. The van der Waals surface area contributed by atoms with Crippen LogP contribution in [0.1, 0.15) is 20.7 Å². The third kappa shape index (κ3) is 2.87. The van der Waals surface area contributed by atoms with E-state index in [9.17, 15) is 9.59 Å². The Labute approximate surface area is 133 Å². The lowest BCUT2D eigenvalue weighted by Gasteiger charge is -2.01. The zero-order valence-corrected chi connectivity index (χ0v) is 12.3. The van der Waals surface area contributed by atoms with E-state index in [1.54, 1.807) is 35.1 Å². The number of ketones is 1. The number of para-hydroxylation sites is 1. The van der Waals surface area contributed by atoms with Crippen LogP contribution in [0.25, 0.3) is 16.9 Å². The molecule has 0 saturated carbocycles. The molecule has 1 aromatic heterocycles. The summed E-state index contributed by atoms with van der Waals surface area (Å²) in [5.74, 6) is -0.137. The van der Waals surface area contributed by atoms with Crippen molar-refractivity contribution >= 4 is 12.1 Å². The summed E-state index contributed by atoms with van der Waals surface area (Å²) < 4.78 is 1.67. The maximum absolute atomic E-state index is 11.6. The first-order valence-electron chi connectivity index (χ1n) is 7.10. The summed E-state index contributed by atoms with van der Waals surface area (Å²) in [4.78, 5) is 22.9.